The van der Waals surface area contributed by atoms with Crippen LogP contribution in [0.5, 0.6) is 0 Å². The number of hydrogen-bond acceptors (Lipinski definition) is 4. The number of benzene rings is 2. The molecule has 0 aliphatic rings. The Balaban J connectivity index is 1.80. The van der Waals surface area contributed by atoms with E-state index in [1.54, 1.807) is 36.4 Å². The summed E-state index contributed by atoms with van der Waals surface area (Å²) in [5.41, 5.74) is 6.46. The van der Waals surface area contributed by atoms with Crippen molar-refractivity contribution in [3.05, 3.63) is 69.5 Å². The third-order valence-electron chi connectivity index (χ3n) is 3.80. The third kappa shape index (κ3) is 3.64. The van der Waals surface area contributed by atoms with E-state index in [1.165, 1.54) is 4.57 Å². The fourth-order valence-electron chi connectivity index (χ4n) is 2.54. The van der Waals surface area contributed by atoms with Crippen molar-refractivity contribution < 1.29 is 4.79 Å². The average molecular weight is 357 g/mol. The number of hydrazine groups is 1. The minimum Gasteiger partial charge on any atom is -0.277 e. The number of rotatable bonds is 5. The molecule has 0 atom stereocenters. The van der Waals surface area contributed by atoms with Crippen LogP contribution in [0.4, 0.5) is 5.95 Å². The van der Waals surface area contributed by atoms with E-state index in [-0.39, 0.29) is 17.9 Å². The van der Waals surface area contributed by atoms with Gasteiger partial charge in [-0.25, -0.2) is 4.98 Å². The normalized spacial score (nSPS) is 10.6. The summed E-state index contributed by atoms with van der Waals surface area (Å²) in [4.78, 5) is 29.1. The maximum atomic E-state index is 12.5. The SMILES string of the molecule is CCn1c(NNC(=O)Cc2ccccc2Cl)nc2ccccc2c1=O. The van der Waals surface area contributed by atoms with Crippen LogP contribution < -0.4 is 16.4 Å². The Morgan fingerprint density at radius 2 is 1.88 bits per heavy atom. The predicted octanol–water partition coefficient (Wildman–Crippen LogP) is 2.76. The number of nitrogens with one attached hydrogen (secondary N) is 2. The van der Waals surface area contributed by atoms with Crippen molar-refractivity contribution in [2.75, 3.05) is 5.43 Å². The van der Waals surface area contributed by atoms with Gasteiger partial charge in [-0.05, 0) is 30.7 Å². The molecule has 0 bridgehead atoms. The number of carbonyl (C=O) groups is 1. The molecule has 0 fully saturated rings. The van der Waals surface area contributed by atoms with Crippen molar-refractivity contribution in [3.63, 3.8) is 0 Å². The minimum absolute atomic E-state index is 0.122. The van der Waals surface area contributed by atoms with Crippen LogP contribution in [0.1, 0.15) is 12.5 Å². The summed E-state index contributed by atoms with van der Waals surface area (Å²) in [7, 11) is 0. The van der Waals surface area contributed by atoms with E-state index in [0.717, 1.165) is 5.56 Å². The van der Waals surface area contributed by atoms with Gasteiger partial charge in [0.15, 0.2) is 0 Å². The van der Waals surface area contributed by atoms with Crippen LogP contribution in [0.15, 0.2) is 53.3 Å². The molecule has 1 amide bonds. The van der Waals surface area contributed by atoms with Gasteiger partial charge in [-0.2, -0.15) is 0 Å². The summed E-state index contributed by atoms with van der Waals surface area (Å²) < 4.78 is 1.47. The number of hydrogen-bond donors (Lipinski definition) is 2. The van der Waals surface area contributed by atoms with Crippen molar-refractivity contribution in [2.45, 2.75) is 19.9 Å². The molecule has 1 aromatic heterocycles. The molecule has 0 saturated heterocycles. The second-order valence-corrected chi connectivity index (χ2v) is 5.85. The molecule has 3 aromatic rings. The van der Waals surface area contributed by atoms with E-state index in [1.807, 2.05) is 19.1 Å². The van der Waals surface area contributed by atoms with Gasteiger partial charge in [0.05, 0.1) is 17.3 Å². The van der Waals surface area contributed by atoms with E-state index in [2.05, 4.69) is 15.8 Å². The maximum absolute atomic E-state index is 12.5. The molecule has 0 aliphatic carbocycles. The Morgan fingerprint density at radius 3 is 2.64 bits per heavy atom. The number of carbonyl (C=O) groups excluding carboxylic acids is 1. The molecule has 1 heterocycles. The fourth-order valence-corrected chi connectivity index (χ4v) is 2.74. The first-order chi connectivity index (χ1) is 12.1. The molecule has 7 heteroatoms. The van der Waals surface area contributed by atoms with Gasteiger partial charge >= 0.3 is 0 Å². The molecular formula is C18H17ClN4O2. The fraction of sp³-hybridized carbons (Fsp3) is 0.167. The Morgan fingerprint density at radius 1 is 1.16 bits per heavy atom. The summed E-state index contributed by atoms with van der Waals surface area (Å²) in [6.45, 7) is 2.27. The zero-order chi connectivity index (χ0) is 17.8. The molecule has 128 valence electrons. The molecule has 2 N–H and O–H groups in total. The smallest absolute Gasteiger partial charge is 0.262 e. The zero-order valence-corrected chi connectivity index (χ0v) is 14.4. The summed E-state index contributed by atoms with van der Waals surface area (Å²) >= 11 is 6.06. The number of amides is 1. The van der Waals surface area contributed by atoms with Crippen LogP contribution in [0.2, 0.25) is 5.02 Å². The zero-order valence-electron chi connectivity index (χ0n) is 13.6. The van der Waals surface area contributed by atoms with Crippen LogP contribution >= 0.6 is 11.6 Å². The van der Waals surface area contributed by atoms with Crippen molar-refractivity contribution in [1.29, 1.82) is 0 Å². The molecule has 0 saturated carbocycles. The predicted molar refractivity (Wildman–Crippen MR) is 98.6 cm³/mol. The number of nitrogens with zero attached hydrogens (tertiary/aromatic N) is 2. The molecule has 0 aliphatic heterocycles. The topological polar surface area (TPSA) is 76.0 Å². The number of halogens is 1. The van der Waals surface area contributed by atoms with Crippen molar-refractivity contribution in [3.8, 4) is 0 Å². The molecule has 0 unspecified atom stereocenters. The van der Waals surface area contributed by atoms with Crippen molar-refractivity contribution >= 4 is 34.4 Å². The minimum atomic E-state index is -0.279. The van der Waals surface area contributed by atoms with Crippen LogP contribution in [0, 0.1) is 0 Å². The van der Waals surface area contributed by atoms with Crippen LogP contribution in [-0.2, 0) is 17.8 Å². The quantitative estimate of drug-likeness (QED) is 0.689. The van der Waals surface area contributed by atoms with Gasteiger partial charge in [-0.1, -0.05) is 41.9 Å². The van der Waals surface area contributed by atoms with Gasteiger partial charge in [0.1, 0.15) is 0 Å². The number of aromatic nitrogens is 2. The third-order valence-corrected chi connectivity index (χ3v) is 4.17. The summed E-state index contributed by atoms with van der Waals surface area (Å²) in [6, 6.07) is 14.2. The maximum Gasteiger partial charge on any atom is 0.262 e. The van der Waals surface area contributed by atoms with Gasteiger partial charge in [0.2, 0.25) is 11.9 Å². The van der Waals surface area contributed by atoms with Gasteiger partial charge in [-0.15, -0.1) is 0 Å². The molecule has 2 aromatic carbocycles. The van der Waals surface area contributed by atoms with Crippen LogP contribution in [0.3, 0.4) is 0 Å². The summed E-state index contributed by atoms with van der Waals surface area (Å²) in [5, 5.41) is 1.07. The summed E-state index contributed by atoms with van der Waals surface area (Å²) in [6.07, 6.45) is 0.122. The highest BCUT2D eigenvalue weighted by atomic mass is 35.5. The first-order valence-electron chi connectivity index (χ1n) is 7.88. The van der Waals surface area contributed by atoms with Gasteiger partial charge in [0, 0.05) is 11.6 Å². The molecule has 0 radical (unpaired) electrons. The Hall–Kier alpha value is -2.86. The van der Waals surface area contributed by atoms with E-state index >= 15 is 0 Å². The first kappa shape index (κ1) is 17.0. The molecule has 25 heavy (non-hydrogen) atoms. The van der Waals surface area contributed by atoms with E-state index in [9.17, 15) is 9.59 Å². The highest BCUT2D eigenvalue weighted by molar-refractivity contribution is 6.31. The number of fused-ring (bicyclic) bond motifs is 1. The van der Waals surface area contributed by atoms with E-state index in [4.69, 9.17) is 11.6 Å². The Labute approximate surface area is 149 Å². The summed E-state index contributed by atoms with van der Waals surface area (Å²) in [5.74, 6) is 0.0110. The monoisotopic (exact) mass is 356 g/mol. The van der Waals surface area contributed by atoms with Gasteiger partial charge < -0.3 is 0 Å². The second kappa shape index (κ2) is 7.36. The lowest BCUT2D eigenvalue weighted by Crippen LogP contribution is -2.35. The van der Waals surface area contributed by atoms with E-state index in [0.29, 0.717) is 28.4 Å². The number of anilines is 1. The second-order valence-electron chi connectivity index (χ2n) is 5.44. The Bertz CT molecular complexity index is 984. The lowest BCUT2D eigenvalue weighted by Gasteiger charge is -2.14. The largest absolute Gasteiger partial charge is 0.277 e. The van der Waals surface area contributed by atoms with Crippen LogP contribution in [0.25, 0.3) is 10.9 Å². The van der Waals surface area contributed by atoms with E-state index < -0.39 is 0 Å². The highest BCUT2D eigenvalue weighted by Gasteiger charge is 2.11. The van der Waals surface area contributed by atoms with Gasteiger partial charge in [-0.3, -0.25) is 25.0 Å². The lowest BCUT2D eigenvalue weighted by molar-refractivity contribution is -0.119. The van der Waals surface area contributed by atoms with Crippen LogP contribution in [-0.4, -0.2) is 15.5 Å². The molecular weight excluding hydrogens is 340 g/mol. The molecule has 0 spiro atoms. The molecule has 6 nitrogen and oxygen atoms in total. The van der Waals surface area contributed by atoms with Gasteiger partial charge in [0.25, 0.3) is 5.56 Å². The first-order valence-corrected chi connectivity index (χ1v) is 8.25. The van der Waals surface area contributed by atoms with Crippen molar-refractivity contribution in [1.82, 2.24) is 15.0 Å². The standard InChI is InChI=1S/C18H17ClN4O2/c1-2-23-17(25)13-8-4-6-10-15(13)20-18(23)22-21-16(24)11-12-7-3-5-9-14(12)19/h3-10H,2,11H2,1H3,(H,20,22)(H,21,24). The average Bonchev–Trinajstić information content (AvgIpc) is 2.62. The molecule has 3 rings (SSSR count). The highest BCUT2D eigenvalue weighted by Crippen LogP contribution is 2.15. The van der Waals surface area contributed by atoms with Crippen molar-refractivity contribution in [2.24, 2.45) is 0 Å². The Kier molecular flexibility index (Phi) is 5.00. The lowest BCUT2D eigenvalue weighted by atomic mass is 10.1. The number of para-hydroxylation sites is 1.